The number of hydrogen-bond acceptors (Lipinski definition) is 2. The van der Waals surface area contributed by atoms with E-state index in [0.717, 1.165) is 34.6 Å². The zero-order valence-corrected chi connectivity index (χ0v) is 16.8. The Morgan fingerprint density at radius 3 is 1.93 bits per heavy atom. The van der Waals surface area contributed by atoms with E-state index >= 15 is 0 Å². The van der Waals surface area contributed by atoms with Gasteiger partial charge in [0.15, 0.2) is 0 Å². The van der Waals surface area contributed by atoms with Crippen LogP contribution >= 0.6 is 0 Å². The van der Waals surface area contributed by atoms with E-state index in [9.17, 15) is 0 Å². The van der Waals surface area contributed by atoms with Gasteiger partial charge < -0.3 is 9.15 Å². The summed E-state index contributed by atoms with van der Waals surface area (Å²) in [6.45, 7) is 0. The molecule has 30 heavy (non-hydrogen) atoms. The quantitative estimate of drug-likeness (QED) is 0.313. The van der Waals surface area contributed by atoms with Gasteiger partial charge >= 0.3 is 0 Å². The van der Waals surface area contributed by atoms with E-state index in [1.165, 1.54) is 22.1 Å². The SMILES string of the molecule is COc1ccc(-c2ccc(-c3oc4ccccc4c3Cc3ccccc3)cc2)cc1. The summed E-state index contributed by atoms with van der Waals surface area (Å²) >= 11 is 0. The van der Waals surface area contributed by atoms with Gasteiger partial charge in [-0.05, 0) is 34.9 Å². The molecule has 0 amide bonds. The van der Waals surface area contributed by atoms with Crippen LogP contribution in [-0.4, -0.2) is 7.11 Å². The van der Waals surface area contributed by atoms with Crippen LogP contribution in [0.4, 0.5) is 0 Å². The third-order valence-electron chi connectivity index (χ3n) is 5.49. The highest BCUT2D eigenvalue weighted by Crippen LogP contribution is 2.36. The van der Waals surface area contributed by atoms with Gasteiger partial charge in [-0.15, -0.1) is 0 Å². The summed E-state index contributed by atoms with van der Waals surface area (Å²) < 4.78 is 11.6. The highest BCUT2D eigenvalue weighted by Gasteiger charge is 2.16. The lowest BCUT2D eigenvalue weighted by Crippen LogP contribution is -1.90. The van der Waals surface area contributed by atoms with Crippen LogP contribution < -0.4 is 4.74 Å². The van der Waals surface area contributed by atoms with E-state index in [-0.39, 0.29) is 0 Å². The van der Waals surface area contributed by atoms with Crippen molar-refractivity contribution < 1.29 is 9.15 Å². The topological polar surface area (TPSA) is 22.4 Å². The number of benzene rings is 4. The lowest BCUT2D eigenvalue weighted by Gasteiger charge is -2.07. The third-order valence-corrected chi connectivity index (χ3v) is 5.49. The van der Waals surface area contributed by atoms with Crippen molar-refractivity contribution in [3.63, 3.8) is 0 Å². The Bertz CT molecular complexity index is 1260. The Kier molecular flexibility index (Phi) is 4.82. The largest absolute Gasteiger partial charge is 0.497 e. The summed E-state index contributed by atoms with van der Waals surface area (Å²) in [6, 6.07) is 35.6. The van der Waals surface area contributed by atoms with E-state index < -0.39 is 0 Å². The number of ether oxygens (including phenoxy) is 1. The zero-order valence-electron chi connectivity index (χ0n) is 16.8. The fourth-order valence-corrected chi connectivity index (χ4v) is 3.90. The molecule has 0 radical (unpaired) electrons. The average Bonchev–Trinajstić information content (AvgIpc) is 3.18. The molecular weight excluding hydrogens is 368 g/mol. The van der Waals surface area contributed by atoms with Crippen molar-refractivity contribution in [2.75, 3.05) is 7.11 Å². The van der Waals surface area contributed by atoms with Crippen LogP contribution in [0.3, 0.4) is 0 Å². The molecule has 146 valence electrons. The first-order chi connectivity index (χ1) is 14.8. The molecule has 0 aliphatic heterocycles. The Morgan fingerprint density at radius 2 is 1.23 bits per heavy atom. The first-order valence-electron chi connectivity index (χ1n) is 10.1. The van der Waals surface area contributed by atoms with Gasteiger partial charge in [0.1, 0.15) is 17.1 Å². The predicted molar refractivity (Wildman–Crippen MR) is 123 cm³/mol. The molecule has 0 fully saturated rings. The van der Waals surface area contributed by atoms with Crippen molar-refractivity contribution in [2.24, 2.45) is 0 Å². The average molecular weight is 390 g/mol. The minimum absolute atomic E-state index is 0.841. The van der Waals surface area contributed by atoms with Gasteiger partial charge in [-0.1, -0.05) is 84.9 Å². The number of rotatable bonds is 5. The second-order valence-corrected chi connectivity index (χ2v) is 7.37. The fraction of sp³-hybridized carbons (Fsp3) is 0.0714. The van der Waals surface area contributed by atoms with Crippen molar-refractivity contribution in [2.45, 2.75) is 6.42 Å². The van der Waals surface area contributed by atoms with E-state index in [0.29, 0.717) is 0 Å². The lowest BCUT2D eigenvalue weighted by atomic mass is 9.97. The highest BCUT2D eigenvalue weighted by molar-refractivity contribution is 5.88. The van der Waals surface area contributed by atoms with Gasteiger partial charge in [0, 0.05) is 22.9 Å². The number of fused-ring (bicyclic) bond motifs is 1. The number of furan rings is 1. The molecule has 1 heterocycles. The molecule has 0 saturated heterocycles. The van der Waals surface area contributed by atoms with E-state index in [4.69, 9.17) is 9.15 Å². The minimum Gasteiger partial charge on any atom is -0.497 e. The van der Waals surface area contributed by atoms with Gasteiger partial charge in [-0.3, -0.25) is 0 Å². The standard InChI is InChI=1S/C28H22O2/c1-29-24-17-15-22(16-18-24)21-11-13-23(14-12-21)28-26(19-20-7-3-2-4-8-20)25-9-5-6-10-27(25)30-28/h2-18H,19H2,1H3. The number of hydrogen-bond donors (Lipinski definition) is 0. The second kappa shape index (κ2) is 7.92. The molecule has 2 heteroatoms. The maximum atomic E-state index is 6.32. The van der Waals surface area contributed by atoms with Crippen molar-refractivity contribution in [1.82, 2.24) is 0 Å². The Labute approximate surface area is 176 Å². The molecule has 2 nitrogen and oxygen atoms in total. The third kappa shape index (κ3) is 3.48. The number of methoxy groups -OCH3 is 1. The maximum Gasteiger partial charge on any atom is 0.138 e. The van der Waals surface area contributed by atoms with Gasteiger partial charge in [-0.2, -0.15) is 0 Å². The molecule has 5 aromatic rings. The fourth-order valence-electron chi connectivity index (χ4n) is 3.90. The van der Waals surface area contributed by atoms with Crippen LogP contribution in [0, 0.1) is 0 Å². The Morgan fingerprint density at radius 1 is 0.633 bits per heavy atom. The van der Waals surface area contributed by atoms with Gasteiger partial charge in [0.05, 0.1) is 7.11 Å². The monoisotopic (exact) mass is 390 g/mol. The van der Waals surface area contributed by atoms with Gasteiger partial charge in [0.2, 0.25) is 0 Å². The van der Waals surface area contributed by atoms with Crippen molar-refractivity contribution >= 4 is 11.0 Å². The normalized spacial score (nSPS) is 11.0. The molecular formula is C28H22O2. The summed E-state index contributed by atoms with van der Waals surface area (Å²) in [6.07, 6.45) is 0.841. The number of para-hydroxylation sites is 1. The van der Waals surface area contributed by atoms with Crippen LogP contribution in [0.5, 0.6) is 5.75 Å². The first kappa shape index (κ1) is 18.3. The molecule has 0 saturated carbocycles. The van der Waals surface area contributed by atoms with Crippen molar-refractivity contribution in [1.29, 1.82) is 0 Å². The van der Waals surface area contributed by atoms with Crippen LogP contribution in [-0.2, 0) is 6.42 Å². The summed E-state index contributed by atoms with van der Waals surface area (Å²) in [5.74, 6) is 1.81. The van der Waals surface area contributed by atoms with Crippen molar-refractivity contribution in [3.05, 3.63) is 114 Å². The zero-order chi connectivity index (χ0) is 20.3. The molecule has 0 unspecified atom stereocenters. The predicted octanol–water partition coefficient (Wildman–Crippen LogP) is 7.37. The molecule has 0 N–H and O–H groups in total. The first-order valence-corrected chi connectivity index (χ1v) is 10.1. The smallest absolute Gasteiger partial charge is 0.138 e. The Balaban J connectivity index is 1.54. The van der Waals surface area contributed by atoms with E-state index in [1.807, 2.05) is 24.3 Å². The summed E-state index contributed by atoms with van der Waals surface area (Å²) in [5, 5.41) is 1.18. The molecule has 0 aliphatic carbocycles. The molecule has 0 bridgehead atoms. The van der Waals surface area contributed by atoms with E-state index in [1.54, 1.807) is 7.11 Å². The molecule has 0 spiro atoms. The van der Waals surface area contributed by atoms with Crippen LogP contribution in [0.2, 0.25) is 0 Å². The lowest BCUT2D eigenvalue weighted by molar-refractivity contribution is 0.415. The maximum absolute atomic E-state index is 6.32. The van der Waals surface area contributed by atoms with Crippen LogP contribution in [0.1, 0.15) is 11.1 Å². The van der Waals surface area contributed by atoms with Crippen LogP contribution in [0.15, 0.2) is 108 Å². The summed E-state index contributed by atoms with van der Waals surface area (Å²) in [4.78, 5) is 0. The molecule has 5 rings (SSSR count). The second-order valence-electron chi connectivity index (χ2n) is 7.37. The molecule has 0 atom stereocenters. The summed E-state index contributed by atoms with van der Waals surface area (Å²) in [5.41, 5.74) is 6.86. The minimum atomic E-state index is 0.841. The van der Waals surface area contributed by atoms with Gasteiger partial charge in [0.25, 0.3) is 0 Å². The summed E-state index contributed by atoms with van der Waals surface area (Å²) in [7, 11) is 1.68. The van der Waals surface area contributed by atoms with E-state index in [2.05, 4.69) is 78.9 Å². The molecule has 4 aromatic carbocycles. The van der Waals surface area contributed by atoms with Crippen LogP contribution in [0.25, 0.3) is 33.4 Å². The van der Waals surface area contributed by atoms with Crippen molar-refractivity contribution in [3.8, 4) is 28.2 Å². The van der Waals surface area contributed by atoms with Gasteiger partial charge in [-0.25, -0.2) is 0 Å². The highest BCUT2D eigenvalue weighted by atomic mass is 16.5. The molecule has 1 aromatic heterocycles. The Hall–Kier alpha value is -3.78. The molecule has 0 aliphatic rings.